The molecule has 1 aliphatic heterocycles. The summed E-state index contributed by atoms with van der Waals surface area (Å²) in [6.45, 7) is 4.88. The van der Waals surface area contributed by atoms with Crippen LogP contribution in [0.15, 0.2) is 156 Å². The molecule has 53 heavy (non-hydrogen) atoms. The lowest BCUT2D eigenvalue weighted by atomic mass is 9.98. The van der Waals surface area contributed by atoms with Gasteiger partial charge in [-0.2, -0.15) is 0 Å². The Morgan fingerprint density at radius 3 is 2.00 bits per heavy atom. The molecule has 1 aliphatic rings. The Balaban J connectivity index is 1.20. The Morgan fingerprint density at radius 2 is 1.13 bits per heavy atom. The van der Waals surface area contributed by atoms with Crippen molar-refractivity contribution in [1.82, 2.24) is 15.0 Å². The molecular weight excluding hydrogens is 683 g/mol. The second-order valence-electron chi connectivity index (χ2n) is 14.4. The van der Waals surface area contributed by atoms with Crippen molar-refractivity contribution in [3.8, 4) is 56.4 Å². The number of hydrogen-bond acceptors (Lipinski definition) is 5. The molecule has 0 saturated carbocycles. The molecule has 0 radical (unpaired) electrons. The molecule has 250 valence electrons. The highest BCUT2D eigenvalue weighted by Gasteiger charge is 2.40. The maximum Gasteiger partial charge on any atom is 0.164 e. The minimum atomic E-state index is -2.09. The van der Waals surface area contributed by atoms with Gasteiger partial charge in [-0.25, -0.2) is 15.0 Å². The SMILES string of the molecule is C[Si]1(C)c2ccccc2-c2c1cc(-c1nc(-c3cccc(-c4ccccc4)c3)nc(-c3ccc4c(c3)sc3ccccc34)n1)c1c2oc2ccccc21. The third-order valence-electron chi connectivity index (χ3n) is 10.9. The first kappa shape index (κ1) is 30.4. The molecule has 0 saturated heterocycles. The molecule has 0 aliphatic carbocycles. The summed E-state index contributed by atoms with van der Waals surface area (Å²) in [7, 11) is -2.09. The van der Waals surface area contributed by atoms with Crippen molar-refractivity contribution in [1.29, 1.82) is 0 Å². The predicted molar refractivity (Wildman–Crippen MR) is 224 cm³/mol. The van der Waals surface area contributed by atoms with E-state index in [-0.39, 0.29) is 0 Å². The maximum atomic E-state index is 6.83. The summed E-state index contributed by atoms with van der Waals surface area (Å²) in [5.41, 5.74) is 9.41. The van der Waals surface area contributed by atoms with Crippen LogP contribution in [0.1, 0.15) is 0 Å². The molecule has 0 N–H and O–H groups in total. The summed E-state index contributed by atoms with van der Waals surface area (Å²) >= 11 is 1.80. The fraction of sp³-hybridized carbons (Fsp3) is 0.0426. The quantitative estimate of drug-likeness (QED) is 0.170. The Hall–Kier alpha value is -6.21. The van der Waals surface area contributed by atoms with Crippen LogP contribution in [0.4, 0.5) is 0 Å². The maximum absolute atomic E-state index is 6.83. The van der Waals surface area contributed by atoms with Crippen LogP contribution in [0.3, 0.4) is 0 Å². The van der Waals surface area contributed by atoms with E-state index in [0.29, 0.717) is 17.5 Å². The van der Waals surface area contributed by atoms with Gasteiger partial charge < -0.3 is 4.42 Å². The molecule has 4 heterocycles. The van der Waals surface area contributed by atoms with Crippen LogP contribution in [0.25, 0.3) is 98.5 Å². The van der Waals surface area contributed by atoms with E-state index in [4.69, 9.17) is 19.4 Å². The fourth-order valence-corrected chi connectivity index (χ4v) is 12.5. The largest absolute Gasteiger partial charge is 0.455 e. The summed E-state index contributed by atoms with van der Waals surface area (Å²) in [4.78, 5) is 15.9. The number of para-hydroxylation sites is 1. The molecule has 0 spiro atoms. The van der Waals surface area contributed by atoms with E-state index in [2.05, 4.69) is 153 Å². The van der Waals surface area contributed by atoms with Gasteiger partial charge in [0.25, 0.3) is 0 Å². The second-order valence-corrected chi connectivity index (χ2v) is 19.8. The number of hydrogen-bond donors (Lipinski definition) is 0. The van der Waals surface area contributed by atoms with Crippen LogP contribution in [0.2, 0.25) is 13.1 Å². The fourth-order valence-electron chi connectivity index (χ4n) is 8.32. The molecule has 11 rings (SSSR count). The van der Waals surface area contributed by atoms with Crippen molar-refractivity contribution in [2.75, 3.05) is 0 Å². The summed E-state index contributed by atoms with van der Waals surface area (Å²) in [6.07, 6.45) is 0. The van der Waals surface area contributed by atoms with Crippen molar-refractivity contribution < 1.29 is 4.42 Å². The van der Waals surface area contributed by atoms with Gasteiger partial charge in [-0.1, -0.05) is 134 Å². The lowest BCUT2D eigenvalue weighted by Crippen LogP contribution is -2.49. The number of fused-ring (bicyclic) bond motifs is 10. The summed E-state index contributed by atoms with van der Waals surface area (Å²) in [6, 6.07) is 53.8. The van der Waals surface area contributed by atoms with E-state index in [0.717, 1.165) is 49.8 Å². The third-order valence-corrected chi connectivity index (χ3v) is 15.6. The van der Waals surface area contributed by atoms with E-state index in [9.17, 15) is 0 Å². The highest BCUT2D eigenvalue weighted by atomic mass is 32.1. The second kappa shape index (κ2) is 11.4. The van der Waals surface area contributed by atoms with Crippen LogP contribution >= 0.6 is 11.3 Å². The molecule has 6 heteroatoms. The van der Waals surface area contributed by atoms with Gasteiger partial charge in [-0.05, 0) is 57.4 Å². The van der Waals surface area contributed by atoms with Gasteiger partial charge >= 0.3 is 0 Å². The van der Waals surface area contributed by atoms with Crippen molar-refractivity contribution in [3.63, 3.8) is 0 Å². The van der Waals surface area contributed by atoms with Crippen molar-refractivity contribution in [2.24, 2.45) is 0 Å². The Bertz CT molecular complexity index is 3110. The Kier molecular flexibility index (Phi) is 6.54. The molecule has 0 atom stereocenters. The van der Waals surface area contributed by atoms with Crippen molar-refractivity contribution in [3.05, 3.63) is 152 Å². The predicted octanol–water partition coefficient (Wildman–Crippen LogP) is 11.6. The number of thiophene rings is 1. The summed E-state index contributed by atoms with van der Waals surface area (Å²) in [5.74, 6) is 1.93. The van der Waals surface area contributed by atoms with Gasteiger partial charge in [0.05, 0.1) is 0 Å². The number of rotatable bonds is 4. The number of benzene rings is 7. The van der Waals surface area contributed by atoms with E-state index in [1.807, 2.05) is 12.1 Å². The van der Waals surface area contributed by atoms with Gasteiger partial charge in [0.1, 0.15) is 19.2 Å². The molecule has 10 aromatic rings. The molecular formula is C47H31N3OSSi. The van der Waals surface area contributed by atoms with Crippen LogP contribution in [-0.4, -0.2) is 23.0 Å². The van der Waals surface area contributed by atoms with Crippen LogP contribution in [0, 0.1) is 0 Å². The number of nitrogens with zero attached hydrogens (tertiary/aromatic N) is 3. The van der Waals surface area contributed by atoms with Crippen LogP contribution in [-0.2, 0) is 0 Å². The van der Waals surface area contributed by atoms with E-state index in [1.54, 1.807) is 11.3 Å². The monoisotopic (exact) mass is 713 g/mol. The van der Waals surface area contributed by atoms with Gasteiger partial charge in [0.2, 0.25) is 0 Å². The standard InChI is InChI=1S/C47H31N3OSSi/c1-53(2)40-22-11-8-19-35(40)43-41(53)27-36(42-34-18-6-9-20-37(34)51-44(42)43)47-49-45(30-16-12-15-29(25-30)28-13-4-3-5-14-28)48-46(50-47)31-23-24-33-32-17-7-10-21-38(32)52-39(33)26-31/h3-27H,1-2H3. The molecule has 0 bridgehead atoms. The lowest BCUT2D eigenvalue weighted by Gasteiger charge is -2.19. The molecule has 7 aromatic carbocycles. The lowest BCUT2D eigenvalue weighted by molar-refractivity contribution is 0.670. The van der Waals surface area contributed by atoms with Crippen LogP contribution < -0.4 is 10.4 Å². The van der Waals surface area contributed by atoms with Crippen molar-refractivity contribution >= 4 is 71.9 Å². The number of aromatic nitrogens is 3. The Morgan fingerprint density at radius 1 is 0.472 bits per heavy atom. The number of furan rings is 1. The minimum absolute atomic E-state index is 0.639. The molecule has 0 fully saturated rings. The average molecular weight is 714 g/mol. The highest BCUT2D eigenvalue weighted by Crippen LogP contribution is 2.44. The molecule has 4 nitrogen and oxygen atoms in total. The Labute approximate surface area is 311 Å². The van der Waals surface area contributed by atoms with Gasteiger partial charge in [0, 0.05) is 53.2 Å². The summed E-state index contributed by atoms with van der Waals surface area (Å²) < 4.78 is 9.32. The molecule has 0 amide bonds. The zero-order chi connectivity index (χ0) is 35.3. The molecule has 3 aromatic heterocycles. The van der Waals surface area contributed by atoms with Gasteiger partial charge in [-0.15, -0.1) is 11.3 Å². The smallest absolute Gasteiger partial charge is 0.164 e. The minimum Gasteiger partial charge on any atom is -0.455 e. The van der Waals surface area contributed by atoms with Gasteiger partial charge in [-0.3, -0.25) is 0 Å². The van der Waals surface area contributed by atoms with Gasteiger partial charge in [0.15, 0.2) is 17.5 Å². The van der Waals surface area contributed by atoms with E-state index in [1.165, 1.54) is 41.7 Å². The average Bonchev–Trinajstić information content (AvgIpc) is 3.85. The third kappa shape index (κ3) is 4.62. The van der Waals surface area contributed by atoms with E-state index < -0.39 is 8.07 Å². The first-order chi connectivity index (χ1) is 26.0. The van der Waals surface area contributed by atoms with Crippen molar-refractivity contribution in [2.45, 2.75) is 13.1 Å². The van der Waals surface area contributed by atoms with E-state index >= 15 is 0 Å². The molecule has 0 unspecified atom stereocenters. The first-order valence-corrected chi connectivity index (χ1v) is 21.8. The summed E-state index contributed by atoms with van der Waals surface area (Å²) in [5, 5.41) is 7.40. The highest BCUT2D eigenvalue weighted by molar-refractivity contribution is 7.25. The van der Waals surface area contributed by atoms with Crippen LogP contribution in [0.5, 0.6) is 0 Å². The first-order valence-electron chi connectivity index (χ1n) is 17.9. The normalized spacial score (nSPS) is 13.2. The zero-order valence-corrected chi connectivity index (χ0v) is 30.9. The zero-order valence-electron chi connectivity index (χ0n) is 29.1. The topological polar surface area (TPSA) is 51.8 Å².